The number of ether oxygens (including phenoxy) is 1. The molecule has 92 valence electrons. The average Bonchev–Trinajstić information content (AvgIpc) is 2.80. The molecule has 2 rings (SSSR count). The highest BCUT2D eigenvalue weighted by Gasteiger charge is 2.13. The highest BCUT2D eigenvalue weighted by Crippen LogP contribution is 2.27. The van der Waals surface area contributed by atoms with Gasteiger partial charge in [-0.2, -0.15) is 5.26 Å². The minimum absolute atomic E-state index is 0.0463. The van der Waals surface area contributed by atoms with E-state index in [9.17, 15) is 8.78 Å². The predicted octanol–water partition coefficient (Wildman–Crippen LogP) is 2.43. The number of methoxy groups -OCH3 is 1. The Labute approximate surface area is 102 Å². The molecule has 18 heavy (non-hydrogen) atoms. The molecular weight excluding hydrogens is 240 g/mol. The Hall–Kier alpha value is -2.42. The Morgan fingerprint density at radius 1 is 1.39 bits per heavy atom. The van der Waals surface area contributed by atoms with Crippen LogP contribution in [0, 0.1) is 23.0 Å². The SMILES string of the molecule is COc1cc(F)c(-c2cnc(CC#N)[nH]2)cc1F. The van der Waals surface area contributed by atoms with Crippen LogP contribution >= 0.6 is 0 Å². The van der Waals surface area contributed by atoms with Crippen molar-refractivity contribution >= 4 is 0 Å². The van der Waals surface area contributed by atoms with Crippen molar-refractivity contribution in [3.8, 4) is 23.1 Å². The topological polar surface area (TPSA) is 61.7 Å². The number of benzene rings is 1. The quantitative estimate of drug-likeness (QED) is 0.908. The maximum atomic E-state index is 13.7. The Morgan fingerprint density at radius 2 is 2.17 bits per heavy atom. The van der Waals surface area contributed by atoms with Crippen LogP contribution in [0.25, 0.3) is 11.3 Å². The molecule has 0 saturated carbocycles. The maximum absolute atomic E-state index is 13.7. The molecule has 0 saturated heterocycles. The first-order valence-corrected chi connectivity index (χ1v) is 5.10. The van der Waals surface area contributed by atoms with E-state index in [2.05, 4.69) is 14.7 Å². The van der Waals surface area contributed by atoms with E-state index < -0.39 is 11.6 Å². The molecule has 0 aliphatic rings. The standard InChI is InChI=1S/C12H9F2N3O/c1-18-11-5-8(13)7(4-9(11)14)10-6-16-12(17-10)2-3-15/h4-6H,2H2,1H3,(H,16,17). The van der Waals surface area contributed by atoms with Crippen molar-refractivity contribution in [1.29, 1.82) is 5.26 Å². The smallest absolute Gasteiger partial charge is 0.165 e. The van der Waals surface area contributed by atoms with Crippen molar-refractivity contribution in [3.63, 3.8) is 0 Å². The minimum atomic E-state index is -0.662. The summed E-state index contributed by atoms with van der Waals surface area (Å²) in [4.78, 5) is 6.65. The Balaban J connectivity index is 2.44. The molecule has 0 fully saturated rings. The van der Waals surface area contributed by atoms with Crippen LogP contribution in [0.1, 0.15) is 5.82 Å². The molecule has 1 aromatic carbocycles. The fourth-order valence-corrected chi connectivity index (χ4v) is 1.56. The highest BCUT2D eigenvalue weighted by atomic mass is 19.1. The van der Waals surface area contributed by atoms with Gasteiger partial charge in [0, 0.05) is 11.6 Å². The van der Waals surface area contributed by atoms with Crippen LogP contribution in [0.2, 0.25) is 0 Å². The van der Waals surface area contributed by atoms with Crippen LogP contribution in [-0.2, 0) is 6.42 Å². The number of hydrogen-bond acceptors (Lipinski definition) is 3. The van der Waals surface area contributed by atoms with Gasteiger partial charge in [0.25, 0.3) is 0 Å². The van der Waals surface area contributed by atoms with Gasteiger partial charge in [0.15, 0.2) is 11.6 Å². The van der Waals surface area contributed by atoms with Gasteiger partial charge in [-0.3, -0.25) is 0 Å². The molecule has 4 nitrogen and oxygen atoms in total. The normalized spacial score (nSPS) is 10.1. The number of aromatic amines is 1. The zero-order chi connectivity index (χ0) is 13.1. The molecule has 2 aromatic rings. The van der Waals surface area contributed by atoms with Crippen molar-refractivity contribution in [2.45, 2.75) is 6.42 Å². The monoisotopic (exact) mass is 249 g/mol. The van der Waals surface area contributed by atoms with E-state index in [1.165, 1.54) is 13.3 Å². The van der Waals surface area contributed by atoms with Crippen LogP contribution in [0.5, 0.6) is 5.75 Å². The van der Waals surface area contributed by atoms with Crippen molar-refractivity contribution in [3.05, 3.63) is 35.8 Å². The summed E-state index contributed by atoms with van der Waals surface area (Å²) >= 11 is 0. The lowest BCUT2D eigenvalue weighted by Gasteiger charge is -2.05. The number of aromatic nitrogens is 2. The summed E-state index contributed by atoms with van der Waals surface area (Å²) in [5.74, 6) is -1.04. The molecule has 1 N–H and O–H groups in total. The van der Waals surface area contributed by atoms with Crippen molar-refractivity contribution < 1.29 is 13.5 Å². The number of halogens is 2. The van der Waals surface area contributed by atoms with Gasteiger partial charge in [-0.05, 0) is 6.07 Å². The fourth-order valence-electron chi connectivity index (χ4n) is 1.56. The number of rotatable bonds is 3. The summed E-state index contributed by atoms with van der Waals surface area (Å²) < 4.78 is 31.9. The zero-order valence-corrected chi connectivity index (χ0v) is 9.50. The third-order valence-corrected chi connectivity index (χ3v) is 2.41. The first-order chi connectivity index (χ1) is 8.65. The lowest BCUT2D eigenvalue weighted by atomic mass is 10.1. The number of nitriles is 1. The molecule has 0 unspecified atom stereocenters. The molecule has 0 amide bonds. The summed E-state index contributed by atoms with van der Waals surface area (Å²) in [5, 5.41) is 8.51. The number of nitrogens with zero attached hydrogens (tertiary/aromatic N) is 2. The van der Waals surface area contributed by atoms with Crippen LogP contribution in [-0.4, -0.2) is 17.1 Å². The van der Waals surface area contributed by atoms with Crippen LogP contribution in [0.4, 0.5) is 8.78 Å². The van der Waals surface area contributed by atoms with E-state index >= 15 is 0 Å². The molecule has 1 heterocycles. The van der Waals surface area contributed by atoms with Crippen LogP contribution in [0.3, 0.4) is 0 Å². The number of H-pyrrole nitrogens is 1. The van der Waals surface area contributed by atoms with E-state index in [1.807, 2.05) is 6.07 Å². The van der Waals surface area contributed by atoms with Gasteiger partial charge in [-0.1, -0.05) is 0 Å². The van der Waals surface area contributed by atoms with E-state index in [0.29, 0.717) is 11.5 Å². The summed E-state index contributed by atoms with van der Waals surface area (Å²) in [5.41, 5.74) is 0.365. The lowest BCUT2D eigenvalue weighted by molar-refractivity contribution is 0.383. The fraction of sp³-hybridized carbons (Fsp3) is 0.167. The first-order valence-electron chi connectivity index (χ1n) is 5.10. The van der Waals surface area contributed by atoms with E-state index in [-0.39, 0.29) is 17.7 Å². The van der Waals surface area contributed by atoms with E-state index in [4.69, 9.17) is 5.26 Å². The van der Waals surface area contributed by atoms with Gasteiger partial charge in [0.05, 0.1) is 31.5 Å². The second kappa shape index (κ2) is 4.84. The Morgan fingerprint density at radius 3 is 2.83 bits per heavy atom. The molecule has 0 atom stereocenters. The highest BCUT2D eigenvalue weighted by molar-refractivity contribution is 5.61. The molecule has 1 aromatic heterocycles. The Kier molecular flexibility index (Phi) is 3.24. The molecular formula is C12H9F2N3O. The lowest BCUT2D eigenvalue weighted by Crippen LogP contribution is -1.93. The van der Waals surface area contributed by atoms with Gasteiger partial charge in [0.1, 0.15) is 11.6 Å². The van der Waals surface area contributed by atoms with E-state index in [1.54, 1.807) is 0 Å². The largest absolute Gasteiger partial charge is 0.494 e. The summed E-state index contributed by atoms with van der Waals surface area (Å²) in [6, 6.07) is 3.90. The molecule has 0 bridgehead atoms. The van der Waals surface area contributed by atoms with Crippen molar-refractivity contribution in [2.24, 2.45) is 0 Å². The van der Waals surface area contributed by atoms with Crippen molar-refractivity contribution in [2.75, 3.05) is 7.11 Å². The molecule has 0 spiro atoms. The summed E-state index contributed by atoms with van der Waals surface area (Å²) in [6.07, 6.45) is 1.44. The molecule has 6 heteroatoms. The molecule has 0 radical (unpaired) electrons. The number of nitrogens with one attached hydrogen (secondary N) is 1. The third kappa shape index (κ3) is 2.15. The van der Waals surface area contributed by atoms with Gasteiger partial charge in [-0.15, -0.1) is 0 Å². The van der Waals surface area contributed by atoms with Gasteiger partial charge in [-0.25, -0.2) is 13.8 Å². The first kappa shape index (κ1) is 12.0. The van der Waals surface area contributed by atoms with E-state index in [0.717, 1.165) is 12.1 Å². The predicted molar refractivity (Wildman–Crippen MR) is 59.8 cm³/mol. The van der Waals surface area contributed by atoms with Gasteiger partial charge < -0.3 is 9.72 Å². The van der Waals surface area contributed by atoms with Crippen LogP contribution in [0.15, 0.2) is 18.3 Å². The van der Waals surface area contributed by atoms with Crippen LogP contribution < -0.4 is 4.74 Å². The summed E-state index contributed by atoms with van der Waals surface area (Å²) in [6.45, 7) is 0. The number of imidazole rings is 1. The average molecular weight is 249 g/mol. The second-order valence-electron chi connectivity index (χ2n) is 3.55. The molecule has 0 aliphatic carbocycles. The zero-order valence-electron chi connectivity index (χ0n) is 9.50. The van der Waals surface area contributed by atoms with Gasteiger partial charge in [0.2, 0.25) is 0 Å². The minimum Gasteiger partial charge on any atom is -0.494 e. The van der Waals surface area contributed by atoms with Crippen molar-refractivity contribution in [1.82, 2.24) is 9.97 Å². The number of hydrogen-bond donors (Lipinski definition) is 1. The third-order valence-electron chi connectivity index (χ3n) is 2.41. The second-order valence-corrected chi connectivity index (χ2v) is 3.55. The Bertz CT molecular complexity index is 616. The molecule has 0 aliphatic heterocycles. The summed E-state index contributed by atoms with van der Waals surface area (Å²) in [7, 11) is 1.26. The maximum Gasteiger partial charge on any atom is 0.165 e. The van der Waals surface area contributed by atoms with Gasteiger partial charge >= 0.3 is 0 Å².